The number of hydrogen-bond donors (Lipinski definition) is 2. The number of aromatic nitrogens is 1. The third kappa shape index (κ3) is 2.35. The molecule has 7 heteroatoms. The molecule has 1 unspecified atom stereocenters. The van der Waals surface area contributed by atoms with Gasteiger partial charge < -0.3 is 15.3 Å². The molecule has 0 aliphatic heterocycles. The van der Waals surface area contributed by atoms with Crippen molar-refractivity contribution in [2.45, 2.75) is 18.3 Å². The number of oxazole rings is 1. The van der Waals surface area contributed by atoms with Crippen molar-refractivity contribution in [3.05, 3.63) is 71.3 Å². The number of Topliss-reactive ketones (excluding diaryl/α,β-unsaturated/α-hetero) is 1. The van der Waals surface area contributed by atoms with Gasteiger partial charge in [-0.05, 0) is 24.0 Å². The first kappa shape index (κ1) is 16.9. The Labute approximate surface area is 148 Å². The number of nitrogens with two attached hydrogens (primary N) is 1. The van der Waals surface area contributed by atoms with Crippen molar-refractivity contribution in [3.63, 3.8) is 0 Å². The maximum atomic E-state index is 13.5. The summed E-state index contributed by atoms with van der Waals surface area (Å²) in [5.41, 5.74) is 5.87. The number of carbonyl (C=O) groups excluding carboxylic acids is 1. The Hall–Kier alpha value is -2.93. The van der Waals surface area contributed by atoms with Gasteiger partial charge in [0, 0.05) is 0 Å². The van der Waals surface area contributed by atoms with Crippen LogP contribution in [0.4, 0.5) is 5.00 Å². The molecule has 3 N–H and O–H groups in total. The van der Waals surface area contributed by atoms with E-state index in [-0.39, 0.29) is 16.3 Å². The highest BCUT2D eigenvalue weighted by atomic mass is 32.1. The van der Waals surface area contributed by atoms with Gasteiger partial charge in [0.05, 0.1) is 16.6 Å². The molecule has 0 bridgehead atoms. The highest BCUT2D eigenvalue weighted by molar-refractivity contribution is 7.18. The Bertz CT molecular complexity index is 908. The van der Waals surface area contributed by atoms with E-state index in [1.807, 2.05) is 0 Å². The summed E-state index contributed by atoms with van der Waals surface area (Å²) in [6.07, 6.45) is 8.33. The van der Waals surface area contributed by atoms with E-state index in [4.69, 9.17) is 10.2 Å². The molecule has 0 aromatic carbocycles. The number of carbonyl (C=O) groups is 2. The van der Waals surface area contributed by atoms with Crippen molar-refractivity contribution in [1.82, 2.24) is 4.98 Å². The van der Waals surface area contributed by atoms with Crippen LogP contribution >= 0.6 is 11.3 Å². The lowest BCUT2D eigenvalue weighted by Gasteiger charge is -2.34. The molecule has 6 nitrogen and oxygen atoms in total. The monoisotopic (exact) mass is 356 g/mol. The Morgan fingerprint density at radius 3 is 2.80 bits per heavy atom. The number of thiophene rings is 1. The van der Waals surface area contributed by atoms with E-state index in [0.717, 1.165) is 11.3 Å². The molecular weight excluding hydrogens is 340 g/mol. The molecule has 2 aromatic rings. The fourth-order valence-electron chi connectivity index (χ4n) is 3.35. The van der Waals surface area contributed by atoms with Gasteiger partial charge in [-0.2, -0.15) is 0 Å². The molecule has 0 saturated carbocycles. The zero-order chi connectivity index (χ0) is 18.2. The maximum absolute atomic E-state index is 13.5. The number of nitrogen functional groups attached to an aromatic ring is 1. The normalized spacial score (nSPS) is 20.2. The van der Waals surface area contributed by atoms with Crippen molar-refractivity contribution < 1.29 is 19.1 Å². The summed E-state index contributed by atoms with van der Waals surface area (Å²) in [5, 5.41) is 9.53. The number of aromatic carboxylic acids is 1. The molecule has 0 fully saturated rings. The number of rotatable bonds is 5. The highest BCUT2D eigenvalue weighted by Crippen LogP contribution is 2.48. The van der Waals surface area contributed by atoms with Gasteiger partial charge in [-0.15, -0.1) is 11.3 Å². The van der Waals surface area contributed by atoms with Crippen molar-refractivity contribution in [3.8, 4) is 0 Å². The summed E-state index contributed by atoms with van der Waals surface area (Å²) in [7, 11) is 0. The lowest BCUT2D eigenvalue weighted by molar-refractivity contribution is 0.0697. The van der Waals surface area contributed by atoms with Crippen LogP contribution in [-0.4, -0.2) is 21.8 Å². The molecule has 128 valence electrons. The average Bonchev–Trinajstić information content (AvgIpc) is 3.21. The SMILES string of the molecule is C=C/C=C(\C=C)C1(c2cnco2)CCc2c(sc(N)c2C(=O)O)C1=O. The largest absolute Gasteiger partial charge is 0.478 e. The van der Waals surface area contributed by atoms with Crippen LogP contribution in [0.15, 0.2) is 54.0 Å². The molecule has 1 aliphatic carbocycles. The number of anilines is 1. The number of allylic oxidation sites excluding steroid dienone is 4. The van der Waals surface area contributed by atoms with Gasteiger partial charge in [-0.1, -0.05) is 31.4 Å². The minimum Gasteiger partial charge on any atom is -0.478 e. The van der Waals surface area contributed by atoms with Crippen molar-refractivity contribution in [1.29, 1.82) is 0 Å². The summed E-state index contributed by atoms with van der Waals surface area (Å²) in [6, 6.07) is 0. The number of ketones is 1. The molecule has 3 rings (SSSR count). The summed E-state index contributed by atoms with van der Waals surface area (Å²) in [5.74, 6) is -0.997. The quantitative estimate of drug-likeness (QED) is 0.796. The summed E-state index contributed by atoms with van der Waals surface area (Å²) in [6.45, 7) is 7.50. The van der Waals surface area contributed by atoms with Crippen molar-refractivity contribution in [2.24, 2.45) is 0 Å². The van der Waals surface area contributed by atoms with Crippen LogP contribution in [0.3, 0.4) is 0 Å². The number of fused-ring (bicyclic) bond motifs is 1. The van der Waals surface area contributed by atoms with Gasteiger partial charge >= 0.3 is 5.97 Å². The molecule has 0 amide bonds. The van der Waals surface area contributed by atoms with Crippen LogP contribution in [0.5, 0.6) is 0 Å². The minimum absolute atomic E-state index is 0.0207. The molecular formula is C18H16N2O4S. The molecule has 0 spiro atoms. The Morgan fingerprint density at radius 2 is 2.24 bits per heavy atom. The maximum Gasteiger partial charge on any atom is 0.338 e. The molecule has 25 heavy (non-hydrogen) atoms. The van der Waals surface area contributed by atoms with E-state index in [1.165, 1.54) is 12.6 Å². The minimum atomic E-state index is -1.12. The summed E-state index contributed by atoms with van der Waals surface area (Å²) < 4.78 is 5.48. The van der Waals surface area contributed by atoms with Crippen LogP contribution in [-0.2, 0) is 11.8 Å². The van der Waals surface area contributed by atoms with Crippen LogP contribution in [0, 0.1) is 0 Å². The third-order valence-electron chi connectivity index (χ3n) is 4.46. The second kappa shape index (κ2) is 6.18. The Kier molecular flexibility index (Phi) is 4.18. The third-order valence-corrected chi connectivity index (χ3v) is 5.52. The number of carboxylic acids is 1. The second-order valence-corrected chi connectivity index (χ2v) is 6.67. The zero-order valence-electron chi connectivity index (χ0n) is 13.3. The fourth-order valence-corrected chi connectivity index (χ4v) is 4.48. The highest BCUT2D eigenvalue weighted by Gasteiger charge is 2.50. The predicted octanol–water partition coefficient (Wildman–Crippen LogP) is 3.38. The first-order valence-electron chi connectivity index (χ1n) is 7.51. The van der Waals surface area contributed by atoms with Crippen LogP contribution in [0.1, 0.15) is 37.8 Å². The smallest absolute Gasteiger partial charge is 0.338 e. The van der Waals surface area contributed by atoms with Gasteiger partial charge in [-0.3, -0.25) is 4.79 Å². The van der Waals surface area contributed by atoms with E-state index < -0.39 is 11.4 Å². The Balaban J connectivity index is 2.27. The first-order valence-corrected chi connectivity index (χ1v) is 8.32. The van der Waals surface area contributed by atoms with Gasteiger partial charge in [0.15, 0.2) is 12.2 Å². The average molecular weight is 356 g/mol. The number of nitrogens with zero attached hydrogens (tertiary/aromatic N) is 1. The molecule has 1 aliphatic rings. The fraction of sp³-hybridized carbons (Fsp3) is 0.167. The predicted molar refractivity (Wildman–Crippen MR) is 95.0 cm³/mol. The van der Waals surface area contributed by atoms with Crippen LogP contribution in [0.25, 0.3) is 0 Å². The van der Waals surface area contributed by atoms with Crippen molar-refractivity contribution >= 4 is 28.1 Å². The van der Waals surface area contributed by atoms with E-state index in [0.29, 0.717) is 34.6 Å². The molecule has 0 saturated heterocycles. The van der Waals surface area contributed by atoms with Crippen molar-refractivity contribution in [2.75, 3.05) is 5.73 Å². The van der Waals surface area contributed by atoms with E-state index in [9.17, 15) is 14.7 Å². The summed E-state index contributed by atoms with van der Waals surface area (Å²) >= 11 is 0.997. The summed E-state index contributed by atoms with van der Waals surface area (Å²) in [4.78, 5) is 29.2. The first-order chi connectivity index (χ1) is 12.0. The van der Waals surface area contributed by atoms with Gasteiger partial charge in [0.1, 0.15) is 16.2 Å². The van der Waals surface area contributed by atoms with Gasteiger partial charge in [-0.25, -0.2) is 9.78 Å². The van der Waals surface area contributed by atoms with Crippen LogP contribution in [0.2, 0.25) is 0 Å². The van der Waals surface area contributed by atoms with E-state index in [2.05, 4.69) is 18.1 Å². The van der Waals surface area contributed by atoms with E-state index in [1.54, 1.807) is 18.2 Å². The Morgan fingerprint density at radius 1 is 1.48 bits per heavy atom. The number of hydrogen-bond acceptors (Lipinski definition) is 6. The molecule has 1 atom stereocenters. The molecule has 2 heterocycles. The van der Waals surface area contributed by atoms with Gasteiger partial charge in [0.2, 0.25) is 0 Å². The lowest BCUT2D eigenvalue weighted by Crippen LogP contribution is -2.41. The number of carboxylic acid groups (broad SMARTS) is 1. The lowest BCUT2D eigenvalue weighted by atomic mass is 9.66. The zero-order valence-corrected chi connectivity index (χ0v) is 14.1. The molecule has 2 aromatic heterocycles. The standard InChI is InChI=1S/C18H16N2O4S/c1-3-5-10(4-2)18(12-8-20-9-24-12)7-6-11-13(17(22)23)16(19)25-14(11)15(18)21/h3-5,8-9H,1-2,6-7,19H2,(H,22,23)/b10-5+. The van der Waals surface area contributed by atoms with Crippen LogP contribution < -0.4 is 5.73 Å². The topological polar surface area (TPSA) is 106 Å². The van der Waals surface area contributed by atoms with E-state index >= 15 is 0 Å². The molecule has 0 radical (unpaired) electrons. The van der Waals surface area contributed by atoms with Gasteiger partial charge in [0.25, 0.3) is 0 Å². The second-order valence-electron chi connectivity index (χ2n) is 5.62.